The van der Waals surface area contributed by atoms with E-state index < -0.39 is 42.1 Å². The number of carbonyl (C=O) groups excluding carboxylic acids is 2. The maximum absolute atomic E-state index is 15.1. The first-order valence-corrected chi connectivity index (χ1v) is 27.6. The number of rotatable bonds is 12. The lowest BCUT2D eigenvalue weighted by atomic mass is 9.68. The van der Waals surface area contributed by atoms with Crippen LogP contribution in [0.5, 0.6) is 11.6 Å². The second-order valence-electron chi connectivity index (χ2n) is 19.7. The van der Waals surface area contributed by atoms with Crippen LogP contribution in [0.3, 0.4) is 0 Å². The Morgan fingerprint density at radius 3 is 2.45 bits per heavy atom. The average molecular weight is 953 g/mol. The van der Waals surface area contributed by atoms with Gasteiger partial charge in [-0.15, -0.1) is 9.46 Å². The van der Waals surface area contributed by atoms with Crippen LogP contribution in [-0.4, -0.2) is 99.2 Å². The third kappa shape index (κ3) is 10.3. The highest BCUT2D eigenvalue weighted by molar-refractivity contribution is 7.92. The smallest absolute Gasteiger partial charge is 0.286 e. The summed E-state index contributed by atoms with van der Waals surface area (Å²) in [6.45, 7) is 18.5. The molecule has 2 amide bonds. The SMILES string of the molecule is COc1nn(C)cc1C(=O)N[S@@]1(=O)=NC(=O)c2ccc3c(c2)N(C[C@@H]2CC[C@H]2[C@@H](OCCO[Si](C(C)C)(C(C)C)C(C)C)/C=C/C(OC)[C@H](C)C1)C[C@@]1(CCCc2cc(Cl)ccc21)CO3. The topological polar surface area (TPSA) is 143 Å². The molecule has 65 heavy (non-hydrogen) atoms. The van der Waals surface area contributed by atoms with Crippen molar-refractivity contribution in [2.45, 2.75) is 115 Å². The Bertz CT molecular complexity index is 2340. The number of methoxy groups -OCH3 is 2. The number of nitrogens with one attached hydrogen (secondary N) is 1. The van der Waals surface area contributed by atoms with Gasteiger partial charge < -0.3 is 28.3 Å². The lowest BCUT2D eigenvalue weighted by molar-refractivity contribution is -0.0254. The third-order valence-electron chi connectivity index (χ3n) is 14.6. The van der Waals surface area contributed by atoms with Crippen LogP contribution < -0.4 is 19.1 Å². The second kappa shape index (κ2) is 20.2. The van der Waals surface area contributed by atoms with Crippen LogP contribution >= 0.6 is 11.6 Å². The minimum atomic E-state index is -3.78. The van der Waals surface area contributed by atoms with Crippen molar-refractivity contribution in [2.24, 2.45) is 29.2 Å². The molecule has 1 aromatic heterocycles. The molecule has 2 aromatic carbocycles. The van der Waals surface area contributed by atoms with E-state index in [1.807, 2.05) is 31.2 Å². The third-order valence-corrected chi connectivity index (χ3v) is 22.9. The molecule has 1 fully saturated rings. The number of ether oxygens (including phenoxy) is 4. The molecule has 1 spiro atoms. The zero-order valence-electron chi connectivity index (χ0n) is 39.9. The Balaban J connectivity index is 1.29. The summed E-state index contributed by atoms with van der Waals surface area (Å²) in [7, 11) is -1.23. The van der Waals surface area contributed by atoms with Crippen LogP contribution in [0, 0.1) is 17.8 Å². The van der Waals surface area contributed by atoms with Crippen LogP contribution in [0.2, 0.25) is 21.6 Å². The number of anilines is 1. The Morgan fingerprint density at radius 1 is 1.03 bits per heavy atom. The number of fused-ring (bicyclic) bond motifs is 4. The van der Waals surface area contributed by atoms with Crippen molar-refractivity contribution in [3.8, 4) is 11.6 Å². The van der Waals surface area contributed by atoms with Crippen LogP contribution in [0.4, 0.5) is 5.69 Å². The molecule has 4 aliphatic rings. The molecule has 1 saturated carbocycles. The molecule has 7 rings (SSSR count). The van der Waals surface area contributed by atoms with Crippen molar-refractivity contribution in [3.63, 3.8) is 0 Å². The molecule has 3 aromatic rings. The van der Waals surface area contributed by atoms with Crippen molar-refractivity contribution in [1.82, 2.24) is 14.5 Å². The van der Waals surface area contributed by atoms with Gasteiger partial charge in [-0.3, -0.25) is 19.0 Å². The van der Waals surface area contributed by atoms with Crippen LogP contribution in [-0.2, 0) is 42.7 Å². The largest absolute Gasteiger partial charge is 0.490 e. The van der Waals surface area contributed by atoms with Gasteiger partial charge in [-0.2, -0.15) is 0 Å². The van der Waals surface area contributed by atoms with E-state index >= 15 is 4.21 Å². The standard InChI is InChI=1S/C49H70ClN5O8SSi/c1-31(2)65(32(3)4,33(5)6)63-23-22-61-44-20-19-43(59-9)34(7)28-64(58,53-47(57)40-27-54(8)51-48(40)60-10)52-46(56)36-14-18-45-42(25-36)55(26-37-13-16-39(37)44)29-49(30-62-45)21-11-12-35-24-38(50)15-17-41(35)49/h14-15,17-20,24-25,27,31-34,37,39,43-44H,11-13,16,21-23,26,28-30H2,1-10H3,(H,52,53,56,57,58)/b20-19+/t34-,37+,39-,43?,44+,49+,64+/m1/s1. The number of aryl methyl sites for hydroxylation is 2. The van der Waals surface area contributed by atoms with Crippen molar-refractivity contribution in [2.75, 3.05) is 57.8 Å². The summed E-state index contributed by atoms with van der Waals surface area (Å²) in [5.41, 5.74) is 4.61. The van der Waals surface area contributed by atoms with Crippen molar-refractivity contribution in [3.05, 3.63) is 82.0 Å². The molecule has 356 valence electrons. The van der Waals surface area contributed by atoms with Gasteiger partial charge in [0.25, 0.3) is 11.8 Å². The summed E-state index contributed by atoms with van der Waals surface area (Å²) in [6, 6.07) is 11.5. The molecule has 2 aliphatic heterocycles. The van der Waals surface area contributed by atoms with E-state index in [1.54, 1.807) is 20.2 Å². The number of benzene rings is 2. The molecule has 3 heterocycles. The molecule has 0 saturated heterocycles. The van der Waals surface area contributed by atoms with E-state index in [2.05, 4.69) is 78.8 Å². The highest BCUT2D eigenvalue weighted by atomic mass is 35.5. The van der Waals surface area contributed by atoms with Crippen molar-refractivity contribution >= 4 is 47.3 Å². The highest BCUT2D eigenvalue weighted by Gasteiger charge is 2.47. The monoisotopic (exact) mass is 951 g/mol. The minimum Gasteiger partial charge on any atom is -0.490 e. The van der Waals surface area contributed by atoms with Crippen LogP contribution in [0.1, 0.15) is 106 Å². The molecule has 13 nitrogen and oxygen atoms in total. The zero-order chi connectivity index (χ0) is 46.8. The summed E-state index contributed by atoms with van der Waals surface area (Å²) in [5, 5.41) is 4.92. The minimum absolute atomic E-state index is 0.0574. The molecule has 0 radical (unpaired) electrons. The maximum atomic E-state index is 15.1. The lowest BCUT2D eigenvalue weighted by Gasteiger charge is -2.46. The van der Waals surface area contributed by atoms with Gasteiger partial charge in [-0.1, -0.05) is 78.3 Å². The number of hydrogen-bond donors (Lipinski definition) is 1. The average Bonchev–Trinajstić information content (AvgIpc) is 3.56. The molecule has 1 unspecified atom stereocenters. The molecule has 2 bridgehead atoms. The van der Waals surface area contributed by atoms with Gasteiger partial charge in [-0.25, -0.2) is 4.21 Å². The molecule has 16 heteroatoms. The molecule has 7 atom stereocenters. The fourth-order valence-electron chi connectivity index (χ4n) is 11.4. The quantitative estimate of drug-likeness (QED) is 0.106. The number of aromatic nitrogens is 2. The predicted molar refractivity (Wildman–Crippen MR) is 259 cm³/mol. The summed E-state index contributed by atoms with van der Waals surface area (Å²) in [5.74, 6) is -0.895. The van der Waals surface area contributed by atoms with E-state index in [0.717, 1.165) is 42.8 Å². The van der Waals surface area contributed by atoms with E-state index in [4.69, 9.17) is 35.0 Å². The van der Waals surface area contributed by atoms with Gasteiger partial charge in [0, 0.05) is 49.4 Å². The van der Waals surface area contributed by atoms with Gasteiger partial charge in [0.1, 0.15) is 21.2 Å². The van der Waals surface area contributed by atoms with E-state index in [0.29, 0.717) is 55.3 Å². The number of amides is 2. The second-order valence-corrected chi connectivity index (χ2v) is 27.6. The summed E-state index contributed by atoms with van der Waals surface area (Å²) < 4.78 is 55.6. The van der Waals surface area contributed by atoms with Crippen molar-refractivity contribution in [1.29, 1.82) is 0 Å². The summed E-state index contributed by atoms with van der Waals surface area (Å²) in [6.07, 6.45) is 9.65. The van der Waals surface area contributed by atoms with Gasteiger partial charge in [-0.05, 0) is 108 Å². The first-order chi connectivity index (χ1) is 30.9. The van der Waals surface area contributed by atoms with Gasteiger partial charge >= 0.3 is 0 Å². The molecular weight excluding hydrogens is 882 g/mol. The Labute approximate surface area is 392 Å². The lowest BCUT2D eigenvalue weighted by Crippen LogP contribution is -2.50. The Kier molecular flexibility index (Phi) is 15.3. The molecule has 2 aliphatic carbocycles. The maximum Gasteiger partial charge on any atom is 0.286 e. The number of nitrogens with zero attached hydrogens (tertiary/aromatic N) is 4. The zero-order valence-corrected chi connectivity index (χ0v) is 42.5. The van der Waals surface area contributed by atoms with Gasteiger partial charge in [0.2, 0.25) is 5.88 Å². The first kappa shape index (κ1) is 49.2. The van der Waals surface area contributed by atoms with Crippen LogP contribution in [0.25, 0.3) is 0 Å². The predicted octanol–water partition coefficient (Wildman–Crippen LogP) is 9.33. The number of halogens is 1. The summed E-state index contributed by atoms with van der Waals surface area (Å²) >= 11 is 6.55. The van der Waals surface area contributed by atoms with E-state index in [1.165, 1.54) is 29.1 Å². The Hall–Kier alpha value is -3.73. The fraction of sp³-hybridized carbons (Fsp3) is 0.612. The first-order valence-electron chi connectivity index (χ1n) is 23.4. The normalized spacial score (nSPS) is 27.6. The van der Waals surface area contributed by atoms with Gasteiger partial charge in [0.15, 0.2) is 8.32 Å². The summed E-state index contributed by atoms with van der Waals surface area (Å²) in [4.78, 5) is 30.6. The molecular formula is C49H70ClN5O8SSi. The van der Waals surface area contributed by atoms with Crippen LogP contribution in [0.15, 0.2) is 59.1 Å². The number of hydrogen-bond acceptors (Lipinski definition) is 10. The highest BCUT2D eigenvalue weighted by Crippen LogP contribution is 2.48. The van der Waals surface area contributed by atoms with E-state index in [9.17, 15) is 9.59 Å². The van der Waals surface area contributed by atoms with Crippen molar-refractivity contribution < 1.29 is 37.2 Å². The fourth-order valence-corrected chi connectivity index (χ4v) is 19.0. The Morgan fingerprint density at radius 2 is 1.77 bits per heavy atom. The van der Waals surface area contributed by atoms with Gasteiger partial charge in [0.05, 0.1) is 50.6 Å². The molecule has 1 N–H and O–H groups in total. The van der Waals surface area contributed by atoms with E-state index in [-0.39, 0.29) is 46.1 Å². The number of carbonyl (C=O) groups is 2.